The van der Waals surface area contributed by atoms with E-state index in [1.807, 2.05) is 56.3 Å². The highest BCUT2D eigenvalue weighted by atomic mass is 32.2. The molecule has 3 aromatic carbocycles. The van der Waals surface area contributed by atoms with Gasteiger partial charge in [0.05, 0.1) is 18.0 Å². The van der Waals surface area contributed by atoms with Crippen LogP contribution in [0, 0.1) is 20.8 Å². The number of benzene rings is 3. The van der Waals surface area contributed by atoms with Gasteiger partial charge in [-0.15, -0.1) is 0 Å². The minimum Gasteiger partial charge on any atom is -0.494 e. The fourth-order valence-electron chi connectivity index (χ4n) is 3.88. The van der Waals surface area contributed by atoms with Gasteiger partial charge in [0, 0.05) is 12.2 Å². The summed E-state index contributed by atoms with van der Waals surface area (Å²) in [4.78, 5) is 13.1. The van der Waals surface area contributed by atoms with Crippen molar-refractivity contribution >= 4 is 21.6 Å². The lowest BCUT2D eigenvalue weighted by Gasteiger charge is -2.24. The van der Waals surface area contributed by atoms with Crippen molar-refractivity contribution < 1.29 is 17.9 Å². The smallest absolute Gasteiger partial charge is 0.244 e. The molecular formula is C26H30N2O4S. The Balaban J connectivity index is 1.89. The van der Waals surface area contributed by atoms with Crippen LogP contribution in [-0.2, 0) is 21.4 Å². The van der Waals surface area contributed by atoms with E-state index < -0.39 is 15.9 Å². The van der Waals surface area contributed by atoms with E-state index in [1.54, 1.807) is 38.1 Å². The van der Waals surface area contributed by atoms with Crippen LogP contribution in [-0.4, -0.2) is 31.8 Å². The van der Waals surface area contributed by atoms with E-state index in [4.69, 9.17) is 4.74 Å². The highest BCUT2D eigenvalue weighted by Gasteiger charge is 2.30. The molecule has 0 aromatic heterocycles. The number of ether oxygens (including phenoxy) is 1. The number of carbonyl (C=O) groups excluding carboxylic acids is 1. The van der Waals surface area contributed by atoms with Gasteiger partial charge in [0.15, 0.2) is 0 Å². The number of nitrogens with zero attached hydrogens (tertiary/aromatic N) is 1. The van der Waals surface area contributed by atoms with Crippen molar-refractivity contribution in [2.24, 2.45) is 0 Å². The van der Waals surface area contributed by atoms with E-state index in [2.05, 4.69) is 5.32 Å². The van der Waals surface area contributed by atoms with Crippen LogP contribution in [0.15, 0.2) is 71.6 Å². The average Bonchev–Trinajstić information content (AvgIpc) is 2.74. The van der Waals surface area contributed by atoms with Gasteiger partial charge >= 0.3 is 0 Å². The SMILES string of the molecule is CCOc1ccc(NC(=O)CN(Cc2ccccc2)S(=O)(=O)c2c(C)cc(C)cc2C)cc1. The van der Waals surface area contributed by atoms with Crippen LogP contribution in [0.25, 0.3) is 0 Å². The van der Waals surface area contributed by atoms with Crippen molar-refractivity contribution in [3.05, 3.63) is 89.0 Å². The summed E-state index contributed by atoms with van der Waals surface area (Å²) in [6.07, 6.45) is 0. The maximum Gasteiger partial charge on any atom is 0.244 e. The maximum atomic E-state index is 13.7. The number of rotatable bonds is 9. The van der Waals surface area contributed by atoms with Gasteiger partial charge in [-0.2, -0.15) is 4.31 Å². The van der Waals surface area contributed by atoms with Gasteiger partial charge in [-0.3, -0.25) is 4.79 Å². The molecular weight excluding hydrogens is 436 g/mol. The predicted octanol–water partition coefficient (Wildman–Crippen LogP) is 4.84. The molecule has 0 spiro atoms. The molecule has 3 rings (SSSR count). The Bertz CT molecular complexity index is 1180. The monoisotopic (exact) mass is 466 g/mol. The first-order valence-corrected chi connectivity index (χ1v) is 12.3. The third kappa shape index (κ3) is 6.21. The summed E-state index contributed by atoms with van der Waals surface area (Å²) in [5, 5.41) is 2.79. The standard InChI is InChI=1S/C26H30N2O4S/c1-5-32-24-13-11-23(12-14-24)27-25(29)18-28(17-22-9-7-6-8-10-22)33(30,31)26-20(3)15-19(2)16-21(26)4/h6-16H,5,17-18H2,1-4H3,(H,27,29). The van der Waals surface area contributed by atoms with Crippen LogP contribution < -0.4 is 10.1 Å². The number of carbonyl (C=O) groups is 1. The summed E-state index contributed by atoms with van der Waals surface area (Å²) in [6.45, 7) is 7.73. The number of hydrogen-bond acceptors (Lipinski definition) is 4. The Morgan fingerprint density at radius 3 is 2.12 bits per heavy atom. The number of hydrogen-bond donors (Lipinski definition) is 1. The van der Waals surface area contributed by atoms with Crippen molar-refractivity contribution in [2.45, 2.75) is 39.1 Å². The minimum atomic E-state index is -3.93. The fraction of sp³-hybridized carbons (Fsp3) is 0.269. The molecule has 3 aromatic rings. The van der Waals surface area contributed by atoms with E-state index in [-0.39, 0.29) is 18.0 Å². The van der Waals surface area contributed by atoms with Gasteiger partial charge in [0.2, 0.25) is 15.9 Å². The van der Waals surface area contributed by atoms with Crippen LogP contribution in [0.5, 0.6) is 5.75 Å². The quantitative estimate of drug-likeness (QED) is 0.490. The second kappa shape index (κ2) is 10.6. The minimum absolute atomic E-state index is 0.0899. The van der Waals surface area contributed by atoms with Crippen molar-refractivity contribution in [1.82, 2.24) is 4.31 Å². The Kier molecular flexibility index (Phi) is 7.89. The van der Waals surface area contributed by atoms with Crippen molar-refractivity contribution in [1.29, 1.82) is 0 Å². The third-order valence-electron chi connectivity index (χ3n) is 5.17. The molecule has 0 heterocycles. The molecule has 33 heavy (non-hydrogen) atoms. The largest absolute Gasteiger partial charge is 0.494 e. The van der Waals surface area contributed by atoms with Gasteiger partial charge in [0.1, 0.15) is 5.75 Å². The molecule has 0 saturated carbocycles. The van der Waals surface area contributed by atoms with Gasteiger partial charge in [-0.25, -0.2) is 8.42 Å². The van der Waals surface area contributed by atoms with E-state index in [1.165, 1.54) is 4.31 Å². The first-order valence-electron chi connectivity index (χ1n) is 10.9. The first-order chi connectivity index (χ1) is 15.7. The number of amides is 1. The average molecular weight is 467 g/mol. The zero-order valence-electron chi connectivity index (χ0n) is 19.5. The summed E-state index contributed by atoms with van der Waals surface area (Å²) in [7, 11) is -3.93. The van der Waals surface area contributed by atoms with Crippen LogP contribution in [0.3, 0.4) is 0 Å². The third-order valence-corrected chi connectivity index (χ3v) is 7.27. The van der Waals surface area contributed by atoms with Crippen LogP contribution in [0.2, 0.25) is 0 Å². The highest BCUT2D eigenvalue weighted by molar-refractivity contribution is 7.89. The van der Waals surface area contributed by atoms with Crippen LogP contribution in [0.1, 0.15) is 29.2 Å². The molecule has 0 atom stereocenters. The molecule has 1 amide bonds. The number of anilines is 1. The molecule has 0 aliphatic rings. The molecule has 0 bridgehead atoms. The normalized spacial score (nSPS) is 11.4. The van der Waals surface area contributed by atoms with E-state index in [0.717, 1.165) is 11.1 Å². The summed E-state index contributed by atoms with van der Waals surface area (Å²) in [5.74, 6) is 0.287. The van der Waals surface area contributed by atoms with Crippen molar-refractivity contribution in [2.75, 3.05) is 18.5 Å². The molecule has 6 nitrogen and oxygen atoms in total. The molecule has 174 valence electrons. The van der Waals surface area contributed by atoms with Crippen molar-refractivity contribution in [3.8, 4) is 5.75 Å². The lowest BCUT2D eigenvalue weighted by atomic mass is 10.1. The summed E-state index contributed by atoms with van der Waals surface area (Å²) < 4.78 is 34.1. The lowest BCUT2D eigenvalue weighted by Crippen LogP contribution is -2.38. The van der Waals surface area contributed by atoms with Gasteiger partial charge in [0.25, 0.3) is 0 Å². The molecule has 0 radical (unpaired) electrons. The topological polar surface area (TPSA) is 75.7 Å². The molecule has 1 N–H and O–H groups in total. The Morgan fingerprint density at radius 1 is 0.939 bits per heavy atom. The summed E-state index contributed by atoms with van der Waals surface area (Å²) >= 11 is 0. The summed E-state index contributed by atoms with van der Waals surface area (Å²) in [6, 6.07) is 19.9. The lowest BCUT2D eigenvalue weighted by molar-refractivity contribution is -0.116. The first kappa shape index (κ1) is 24.5. The predicted molar refractivity (Wildman–Crippen MR) is 131 cm³/mol. The van der Waals surface area contributed by atoms with Gasteiger partial charge in [-0.1, -0.05) is 48.0 Å². The summed E-state index contributed by atoms with van der Waals surface area (Å²) in [5.41, 5.74) is 3.70. The van der Waals surface area contributed by atoms with Crippen LogP contribution >= 0.6 is 0 Å². The molecule has 0 unspecified atom stereocenters. The molecule has 0 fully saturated rings. The molecule has 0 aliphatic heterocycles. The zero-order valence-corrected chi connectivity index (χ0v) is 20.3. The van der Waals surface area contributed by atoms with E-state index >= 15 is 0 Å². The second-order valence-electron chi connectivity index (χ2n) is 7.99. The number of nitrogens with one attached hydrogen (secondary N) is 1. The Labute approximate surface area is 196 Å². The Morgan fingerprint density at radius 2 is 1.55 bits per heavy atom. The van der Waals surface area contributed by atoms with Gasteiger partial charge < -0.3 is 10.1 Å². The van der Waals surface area contributed by atoms with E-state index in [9.17, 15) is 13.2 Å². The number of sulfonamides is 1. The van der Waals surface area contributed by atoms with Crippen molar-refractivity contribution in [3.63, 3.8) is 0 Å². The molecule has 7 heteroatoms. The highest BCUT2D eigenvalue weighted by Crippen LogP contribution is 2.26. The zero-order chi connectivity index (χ0) is 24.0. The molecule has 0 saturated heterocycles. The van der Waals surface area contributed by atoms with E-state index in [0.29, 0.717) is 29.2 Å². The fourth-order valence-corrected chi connectivity index (χ4v) is 5.67. The second-order valence-corrected chi connectivity index (χ2v) is 9.87. The maximum absolute atomic E-state index is 13.7. The van der Waals surface area contributed by atoms with Crippen LogP contribution in [0.4, 0.5) is 5.69 Å². The number of aryl methyl sites for hydroxylation is 3. The Hall–Kier alpha value is -3.16. The molecule has 0 aliphatic carbocycles. The van der Waals surface area contributed by atoms with Gasteiger partial charge in [-0.05, 0) is 68.7 Å².